The lowest BCUT2D eigenvalue weighted by Gasteiger charge is -2.36. The van der Waals surface area contributed by atoms with Gasteiger partial charge in [-0.1, -0.05) is 45.9 Å². The Morgan fingerprint density at radius 1 is 1.24 bits per heavy atom. The summed E-state index contributed by atoms with van der Waals surface area (Å²) in [5.74, 6) is 0.241. The first-order valence-electron chi connectivity index (χ1n) is 8.26. The standard InChI is InChI=1S/C18H28N2O/c1-5-14-9-7-10-15(6-2)17(14)20-12-8-11-16(18(20)21)19-13(3)4/h7,9-10,13,16,19H,5-6,8,11-12H2,1-4H3. The summed E-state index contributed by atoms with van der Waals surface area (Å²) in [5.41, 5.74) is 3.74. The number of piperidine rings is 1. The first-order valence-corrected chi connectivity index (χ1v) is 8.26. The van der Waals surface area contributed by atoms with Crippen LogP contribution in [0.25, 0.3) is 0 Å². The van der Waals surface area contributed by atoms with E-state index in [1.54, 1.807) is 0 Å². The molecular weight excluding hydrogens is 260 g/mol. The Hall–Kier alpha value is -1.35. The van der Waals surface area contributed by atoms with Crippen LogP contribution < -0.4 is 10.2 Å². The lowest BCUT2D eigenvalue weighted by atomic mass is 9.97. The monoisotopic (exact) mass is 288 g/mol. The molecule has 3 heteroatoms. The van der Waals surface area contributed by atoms with E-state index in [4.69, 9.17) is 0 Å². The molecule has 0 bridgehead atoms. The zero-order valence-electron chi connectivity index (χ0n) is 13.8. The molecule has 0 aromatic heterocycles. The van der Waals surface area contributed by atoms with Crippen LogP contribution in [0.2, 0.25) is 0 Å². The van der Waals surface area contributed by atoms with Crippen molar-refractivity contribution in [1.82, 2.24) is 5.32 Å². The predicted molar refractivity (Wildman–Crippen MR) is 88.8 cm³/mol. The maximum Gasteiger partial charge on any atom is 0.244 e. The van der Waals surface area contributed by atoms with Gasteiger partial charge in [0.1, 0.15) is 0 Å². The second-order valence-corrected chi connectivity index (χ2v) is 6.14. The van der Waals surface area contributed by atoms with Gasteiger partial charge in [0.15, 0.2) is 0 Å². The molecule has 1 N–H and O–H groups in total. The maximum atomic E-state index is 12.9. The minimum absolute atomic E-state index is 0.0339. The van der Waals surface area contributed by atoms with Gasteiger partial charge in [-0.3, -0.25) is 4.79 Å². The van der Waals surface area contributed by atoms with E-state index in [1.165, 1.54) is 16.8 Å². The Balaban J connectivity index is 2.34. The van der Waals surface area contributed by atoms with E-state index in [1.807, 2.05) is 4.90 Å². The molecule has 2 rings (SSSR count). The van der Waals surface area contributed by atoms with Gasteiger partial charge >= 0.3 is 0 Å². The second kappa shape index (κ2) is 7.08. The van der Waals surface area contributed by atoms with Crippen LogP contribution in [0.15, 0.2) is 18.2 Å². The second-order valence-electron chi connectivity index (χ2n) is 6.14. The fourth-order valence-corrected chi connectivity index (χ4v) is 3.22. The molecule has 1 aliphatic heterocycles. The average Bonchev–Trinajstić information content (AvgIpc) is 2.48. The van der Waals surface area contributed by atoms with Crippen LogP contribution in [0.5, 0.6) is 0 Å². The van der Waals surface area contributed by atoms with Gasteiger partial charge in [0.25, 0.3) is 0 Å². The third kappa shape index (κ3) is 3.46. The largest absolute Gasteiger partial charge is 0.311 e. The van der Waals surface area contributed by atoms with Crippen LogP contribution in [-0.4, -0.2) is 24.5 Å². The normalized spacial score (nSPS) is 19.4. The summed E-state index contributed by atoms with van der Waals surface area (Å²) in [6.45, 7) is 9.37. The van der Waals surface area contributed by atoms with Gasteiger partial charge in [-0.15, -0.1) is 0 Å². The van der Waals surface area contributed by atoms with E-state index in [0.717, 1.165) is 32.2 Å². The smallest absolute Gasteiger partial charge is 0.244 e. The summed E-state index contributed by atoms with van der Waals surface area (Å²) >= 11 is 0. The lowest BCUT2D eigenvalue weighted by molar-refractivity contribution is -0.122. The quantitative estimate of drug-likeness (QED) is 0.901. The molecular formula is C18H28N2O. The highest BCUT2D eigenvalue weighted by atomic mass is 16.2. The molecule has 1 aromatic carbocycles. The third-order valence-corrected chi connectivity index (χ3v) is 4.21. The van der Waals surface area contributed by atoms with Gasteiger partial charge in [-0.2, -0.15) is 0 Å². The van der Waals surface area contributed by atoms with E-state index >= 15 is 0 Å². The molecule has 1 fully saturated rings. The van der Waals surface area contributed by atoms with Gasteiger partial charge in [-0.05, 0) is 36.8 Å². The first-order chi connectivity index (χ1) is 10.1. The van der Waals surface area contributed by atoms with E-state index < -0.39 is 0 Å². The number of nitrogens with one attached hydrogen (secondary N) is 1. The number of para-hydroxylation sites is 1. The maximum absolute atomic E-state index is 12.9. The molecule has 1 atom stereocenters. The molecule has 3 nitrogen and oxygen atoms in total. The van der Waals surface area contributed by atoms with Crippen molar-refractivity contribution in [3.8, 4) is 0 Å². The summed E-state index contributed by atoms with van der Waals surface area (Å²) in [6.07, 6.45) is 3.95. The number of amides is 1. The Kier molecular flexibility index (Phi) is 5.40. The molecule has 0 spiro atoms. The number of hydrogen-bond donors (Lipinski definition) is 1. The van der Waals surface area contributed by atoms with Crippen molar-refractivity contribution in [1.29, 1.82) is 0 Å². The molecule has 1 amide bonds. The van der Waals surface area contributed by atoms with Gasteiger partial charge < -0.3 is 10.2 Å². The van der Waals surface area contributed by atoms with Gasteiger partial charge in [-0.25, -0.2) is 0 Å². The van der Waals surface area contributed by atoms with Crippen molar-refractivity contribution in [2.75, 3.05) is 11.4 Å². The van der Waals surface area contributed by atoms with Crippen molar-refractivity contribution in [2.24, 2.45) is 0 Å². The molecule has 1 aliphatic rings. The molecule has 1 unspecified atom stereocenters. The Labute approximate surface area is 128 Å². The van der Waals surface area contributed by atoms with E-state index in [9.17, 15) is 4.79 Å². The minimum atomic E-state index is -0.0339. The minimum Gasteiger partial charge on any atom is -0.311 e. The fraction of sp³-hybridized carbons (Fsp3) is 0.611. The van der Waals surface area contributed by atoms with Crippen LogP contribution >= 0.6 is 0 Å². The molecule has 0 radical (unpaired) electrons. The molecule has 1 saturated heterocycles. The van der Waals surface area contributed by atoms with Crippen LogP contribution in [0.3, 0.4) is 0 Å². The van der Waals surface area contributed by atoms with E-state index in [2.05, 4.69) is 51.2 Å². The molecule has 1 aromatic rings. The fourth-order valence-electron chi connectivity index (χ4n) is 3.22. The van der Waals surface area contributed by atoms with Crippen LogP contribution in [-0.2, 0) is 17.6 Å². The van der Waals surface area contributed by atoms with Crippen molar-refractivity contribution in [2.45, 2.75) is 65.5 Å². The van der Waals surface area contributed by atoms with Crippen molar-refractivity contribution in [3.05, 3.63) is 29.3 Å². The number of hydrogen-bond acceptors (Lipinski definition) is 2. The summed E-state index contributed by atoms with van der Waals surface area (Å²) in [5, 5.41) is 3.41. The number of anilines is 1. The zero-order valence-corrected chi connectivity index (χ0v) is 13.8. The Morgan fingerprint density at radius 3 is 2.38 bits per heavy atom. The van der Waals surface area contributed by atoms with Gasteiger partial charge in [0.2, 0.25) is 5.91 Å². The van der Waals surface area contributed by atoms with Gasteiger partial charge in [0.05, 0.1) is 11.7 Å². The first kappa shape index (κ1) is 16.0. The summed E-state index contributed by atoms with van der Waals surface area (Å²) in [7, 11) is 0. The molecule has 0 saturated carbocycles. The number of carbonyl (C=O) groups excluding carboxylic acids is 1. The predicted octanol–water partition coefficient (Wildman–Crippen LogP) is 3.30. The van der Waals surface area contributed by atoms with Crippen molar-refractivity contribution < 1.29 is 4.79 Å². The summed E-state index contributed by atoms with van der Waals surface area (Å²) in [4.78, 5) is 14.9. The topological polar surface area (TPSA) is 32.3 Å². The molecule has 1 heterocycles. The number of rotatable bonds is 5. The summed E-state index contributed by atoms with van der Waals surface area (Å²) in [6, 6.07) is 6.72. The number of carbonyl (C=O) groups is 1. The molecule has 21 heavy (non-hydrogen) atoms. The van der Waals surface area contributed by atoms with E-state index in [0.29, 0.717) is 6.04 Å². The third-order valence-electron chi connectivity index (χ3n) is 4.21. The molecule has 116 valence electrons. The van der Waals surface area contributed by atoms with Crippen LogP contribution in [0.4, 0.5) is 5.69 Å². The Bertz CT molecular complexity index is 474. The highest BCUT2D eigenvalue weighted by molar-refractivity contribution is 5.99. The lowest BCUT2D eigenvalue weighted by Crippen LogP contribution is -2.53. The molecule has 0 aliphatic carbocycles. The van der Waals surface area contributed by atoms with Crippen LogP contribution in [0, 0.1) is 0 Å². The summed E-state index contributed by atoms with van der Waals surface area (Å²) < 4.78 is 0. The average molecular weight is 288 g/mol. The number of aryl methyl sites for hydroxylation is 2. The highest BCUT2D eigenvalue weighted by Gasteiger charge is 2.31. The highest BCUT2D eigenvalue weighted by Crippen LogP contribution is 2.30. The van der Waals surface area contributed by atoms with Gasteiger partial charge in [0, 0.05) is 12.6 Å². The Morgan fingerprint density at radius 2 is 1.86 bits per heavy atom. The number of benzene rings is 1. The zero-order chi connectivity index (χ0) is 15.4. The number of nitrogens with zero attached hydrogens (tertiary/aromatic N) is 1. The van der Waals surface area contributed by atoms with Crippen molar-refractivity contribution >= 4 is 11.6 Å². The van der Waals surface area contributed by atoms with Crippen molar-refractivity contribution in [3.63, 3.8) is 0 Å². The van der Waals surface area contributed by atoms with Crippen LogP contribution in [0.1, 0.15) is 51.7 Å². The SMILES string of the molecule is CCc1cccc(CC)c1N1CCCC(NC(C)C)C1=O. The van der Waals surface area contributed by atoms with E-state index in [-0.39, 0.29) is 11.9 Å².